The third-order valence-corrected chi connectivity index (χ3v) is 5.11. The molecule has 1 aliphatic heterocycles. The zero-order chi connectivity index (χ0) is 21.9. The maximum atomic E-state index is 12.4. The molecule has 8 heteroatoms. The Morgan fingerprint density at radius 3 is 2.74 bits per heavy atom. The van der Waals surface area contributed by atoms with Gasteiger partial charge in [0.05, 0.1) is 19.4 Å². The first-order valence-corrected chi connectivity index (χ1v) is 10.9. The fourth-order valence-electron chi connectivity index (χ4n) is 3.14. The lowest BCUT2D eigenvalue weighted by Crippen LogP contribution is -2.39. The summed E-state index contributed by atoms with van der Waals surface area (Å²) in [6, 6.07) is 14.9. The van der Waals surface area contributed by atoms with Crippen LogP contribution >= 0.6 is 12.2 Å². The number of rotatable bonds is 8. The van der Waals surface area contributed by atoms with E-state index < -0.39 is 0 Å². The van der Waals surface area contributed by atoms with Crippen LogP contribution in [-0.2, 0) is 4.74 Å². The molecule has 31 heavy (non-hydrogen) atoms. The number of amides is 1. The Hall–Kier alpha value is -2.81. The third kappa shape index (κ3) is 8.09. The molecule has 1 amide bonds. The van der Waals surface area contributed by atoms with Crippen LogP contribution in [0.25, 0.3) is 0 Å². The topological polar surface area (TPSA) is 78.0 Å². The number of morpholine rings is 1. The Morgan fingerprint density at radius 2 is 1.97 bits per heavy atom. The summed E-state index contributed by atoms with van der Waals surface area (Å²) in [5.41, 5.74) is 6.13. The summed E-state index contributed by atoms with van der Waals surface area (Å²) in [6.07, 6.45) is 2.68. The summed E-state index contributed by atoms with van der Waals surface area (Å²) < 4.78 is 5.35. The average Bonchev–Trinajstić information content (AvgIpc) is 2.78. The Labute approximate surface area is 188 Å². The van der Waals surface area contributed by atoms with E-state index in [2.05, 4.69) is 26.1 Å². The predicted molar refractivity (Wildman–Crippen MR) is 129 cm³/mol. The van der Waals surface area contributed by atoms with Crippen molar-refractivity contribution in [3.63, 3.8) is 0 Å². The van der Waals surface area contributed by atoms with Gasteiger partial charge in [-0.3, -0.25) is 15.1 Å². The first-order chi connectivity index (χ1) is 15.1. The van der Waals surface area contributed by atoms with Gasteiger partial charge in [-0.1, -0.05) is 29.8 Å². The van der Waals surface area contributed by atoms with Crippen LogP contribution in [0.5, 0.6) is 0 Å². The van der Waals surface area contributed by atoms with E-state index in [1.165, 1.54) is 0 Å². The summed E-state index contributed by atoms with van der Waals surface area (Å²) in [4.78, 5) is 14.8. The van der Waals surface area contributed by atoms with Crippen molar-refractivity contribution in [2.45, 2.75) is 13.3 Å². The Kier molecular flexibility index (Phi) is 8.96. The summed E-state index contributed by atoms with van der Waals surface area (Å²) >= 11 is 5.26. The lowest BCUT2D eigenvalue weighted by molar-refractivity contribution is 0.0376. The molecule has 0 unspecified atom stereocenters. The predicted octanol–water partition coefficient (Wildman–Crippen LogP) is 2.77. The smallest absolute Gasteiger partial charge is 0.255 e. The van der Waals surface area contributed by atoms with Crippen LogP contribution in [0.2, 0.25) is 0 Å². The molecule has 1 heterocycles. The molecular formula is C23H29N5O2S. The molecule has 0 spiro atoms. The minimum absolute atomic E-state index is 0.144. The third-order valence-electron chi connectivity index (χ3n) is 4.88. The quantitative estimate of drug-likeness (QED) is 0.254. The minimum atomic E-state index is -0.144. The van der Waals surface area contributed by atoms with Gasteiger partial charge >= 0.3 is 0 Å². The molecule has 7 nitrogen and oxygen atoms in total. The van der Waals surface area contributed by atoms with Crippen molar-refractivity contribution in [2.75, 3.05) is 44.7 Å². The summed E-state index contributed by atoms with van der Waals surface area (Å²) in [5.74, 6) is -0.144. The molecule has 1 saturated heterocycles. The zero-order valence-electron chi connectivity index (χ0n) is 17.8. The molecule has 0 bridgehead atoms. The molecule has 3 rings (SSSR count). The van der Waals surface area contributed by atoms with E-state index in [-0.39, 0.29) is 5.91 Å². The molecule has 0 aliphatic carbocycles. The van der Waals surface area contributed by atoms with E-state index in [4.69, 9.17) is 17.0 Å². The normalized spacial score (nSPS) is 14.4. The van der Waals surface area contributed by atoms with E-state index in [9.17, 15) is 4.79 Å². The number of hydrogen-bond donors (Lipinski definition) is 3. The lowest BCUT2D eigenvalue weighted by atomic mass is 10.1. The maximum Gasteiger partial charge on any atom is 0.255 e. The number of anilines is 1. The number of thiocarbonyl (C=S) groups is 1. The fourth-order valence-corrected chi connectivity index (χ4v) is 3.29. The molecule has 2 aromatic carbocycles. The highest BCUT2D eigenvalue weighted by Crippen LogP contribution is 2.12. The SMILES string of the molecule is Cc1ccc(C(=O)Nc2cccc(/C=N/NC(=S)NCCCN3CCOCC3)c2)cc1. The molecule has 0 aromatic heterocycles. The van der Waals surface area contributed by atoms with Crippen LogP contribution in [0.4, 0.5) is 5.69 Å². The molecule has 3 N–H and O–H groups in total. The highest BCUT2D eigenvalue weighted by molar-refractivity contribution is 7.80. The highest BCUT2D eigenvalue weighted by Gasteiger charge is 2.09. The van der Waals surface area contributed by atoms with E-state index in [1.807, 2.05) is 55.5 Å². The van der Waals surface area contributed by atoms with Gasteiger partial charge in [-0.05, 0) is 61.9 Å². The number of carbonyl (C=O) groups excluding carboxylic acids is 1. The molecular weight excluding hydrogens is 410 g/mol. The van der Waals surface area contributed by atoms with Gasteiger partial charge in [-0.2, -0.15) is 5.10 Å². The maximum absolute atomic E-state index is 12.4. The molecule has 2 aromatic rings. The van der Waals surface area contributed by atoms with Crippen molar-refractivity contribution in [1.29, 1.82) is 0 Å². The summed E-state index contributed by atoms with van der Waals surface area (Å²) in [6.45, 7) is 7.45. The van der Waals surface area contributed by atoms with Crippen molar-refractivity contribution in [3.8, 4) is 0 Å². The van der Waals surface area contributed by atoms with Crippen LogP contribution in [0, 0.1) is 6.92 Å². The fraction of sp³-hybridized carbons (Fsp3) is 0.348. The van der Waals surface area contributed by atoms with Gasteiger partial charge in [0.2, 0.25) is 0 Å². The number of hydrazone groups is 1. The summed E-state index contributed by atoms with van der Waals surface area (Å²) in [7, 11) is 0. The molecule has 0 radical (unpaired) electrons. The largest absolute Gasteiger partial charge is 0.379 e. The number of hydrogen-bond acceptors (Lipinski definition) is 5. The Morgan fingerprint density at radius 1 is 1.19 bits per heavy atom. The van der Waals surface area contributed by atoms with Crippen molar-refractivity contribution in [3.05, 3.63) is 65.2 Å². The molecule has 164 valence electrons. The number of nitrogens with one attached hydrogen (secondary N) is 3. The lowest BCUT2D eigenvalue weighted by Gasteiger charge is -2.26. The first kappa shape index (κ1) is 22.9. The Bertz CT molecular complexity index is 895. The monoisotopic (exact) mass is 439 g/mol. The van der Waals surface area contributed by atoms with Gasteiger partial charge in [0.1, 0.15) is 0 Å². The van der Waals surface area contributed by atoms with Gasteiger partial charge in [0, 0.05) is 30.9 Å². The van der Waals surface area contributed by atoms with Crippen LogP contribution < -0.4 is 16.1 Å². The number of benzene rings is 2. The second-order valence-corrected chi connectivity index (χ2v) is 7.79. The van der Waals surface area contributed by atoms with Crippen LogP contribution in [0.3, 0.4) is 0 Å². The van der Waals surface area contributed by atoms with E-state index in [0.29, 0.717) is 16.4 Å². The average molecular weight is 440 g/mol. The van der Waals surface area contributed by atoms with Crippen LogP contribution in [-0.4, -0.2) is 61.5 Å². The second kappa shape index (κ2) is 12.1. The van der Waals surface area contributed by atoms with E-state index >= 15 is 0 Å². The van der Waals surface area contributed by atoms with Crippen LogP contribution in [0.1, 0.15) is 27.9 Å². The molecule has 1 fully saturated rings. The van der Waals surface area contributed by atoms with Gasteiger partial charge in [-0.25, -0.2) is 0 Å². The molecule has 1 aliphatic rings. The number of nitrogens with zero attached hydrogens (tertiary/aromatic N) is 2. The first-order valence-electron chi connectivity index (χ1n) is 10.5. The van der Waals surface area contributed by atoms with Crippen molar-refractivity contribution in [2.24, 2.45) is 5.10 Å². The molecule has 0 atom stereocenters. The standard InChI is InChI=1S/C23H29N5O2S/c1-18-6-8-20(9-7-18)22(29)26-21-5-2-4-19(16-21)17-25-27-23(31)24-10-3-11-28-12-14-30-15-13-28/h2,4-9,16-17H,3,10-15H2,1H3,(H,26,29)(H2,24,27,31)/b25-17+. The number of ether oxygens (including phenoxy) is 1. The van der Waals surface area contributed by atoms with Crippen molar-refractivity contribution < 1.29 is 9.53 Å². The zero-order valence-corrected chi connectivity index (χ0v) is 18.6. The van der Waals surface area contributed by atoms with E-state index in [0.717, 1.165) is 56.9 Å². The highest BCUT2D eigenvalue weighted by atomic mass is 32.1. The molecule has 0 saturated carbocycles. The number of aryl methyl sites for hydroxylation is 1. The van der Waals surface area contributed by atoms with Crippen molar-refractivity contribution in [1.82, 2.24) is 15.6 Å². The number of carbonyl (C=O) groups is 1. The van der Waals surface area contributed by atoms with Gasteiger partial charge in [-0.15, -0.1) is 0 Å². The second-order valence-electron chi connectivity index (χ2n) is 7.38. The van der Waals surface area contributed by atoms with Gasteiger partial charge in [0.15, 0.2) is 5.11 Å². The van der Waals surface area contributed by atoms with Gasteiger partial charge in [0.25, 0.3) is 5.91 Å². The van der Waals surface area contributed by atoms with Crippen molar-refractivity contribution >= 4 is 35.1 Å². The van der Waals surface area contributed by atoms with Crippen LogP contribution in [0.15, 0.2) is 53.6 Å². The Balaban J connectivity index is 1.39. The van der Waals surface area contributed by atoms with Gasteiger partial charge < -0.3 is 15.4 Å². The van der Waals surface area contributed by atoms with E-state index in [1.54, 1.807) is 6.21 Å². The minimum Gasteiger partial charge on any atom is -0.379 e. The summed E-state index contributed by atoms with van der Waals surface area (Å²) in [5, 5.41) is 10.7.